The van der Waals surface area contributed by atoms with Gasteiger partial charge in [0.25, 0.3) is 5.91 Å². The number of amides is 1. The summed E-state index contributed by atoms with van der Waals surface area (Å²) in [6.07, 6.45) is 0.436. The van der Waals surface area contributed by atoms with Crippen LogP contribution in [-0.4, -0.2) is 41.5 Å². The van der Waals surface area contributed by atoms with E-state index in [1.54, 1.807) is 53.7 Å². The van der Waals surface area contributed by atoms with Gasteiger partial charge in [-0.15, -0.1) is 0 Å². The van der Waals surface area contributed by atoms with Crippen LogP contribution < -0.4 is 29.0 Å². The molecule has 0 radical (unpaired) electrons. The van der Waals surface area contributed by atoms with Crippen LogP contribution in [0.25, 0.3) is 0 Å². The van der Waals surface area contributed by atoms with Gasteiger partial charge in [0, 0.05) is 15.6 Å². The number of hydrogen-bond acceptors (Lipinski definition) is 6. The zero-order chi connectivity index (χ0) is 24.7. The van der Waals surface area contributed by atoms with Crippen LogP contribution in [0.1, 0.15) is 27.5 Å². The second kappa shape index (κ2) is 11.7. The van der Waals surface area contributed by atoms with Crippen molar-refractivity contribution in [3.8, 4) is 28.7 Å². The largest absolute Gasteiger partial charge is 0.493 e. The summed E-state index contributed by atoms with van der Waals surface area (Å²) < 4.78 is 28.4. The van der Waals surface area contributed by atoms with Gasteiger partial charge in [-0.05, 0) is 48.4 Å². The van der Waals surface area contributed by atoms with E-state index in [-0.39, 0.29) is 5.91 Å². The monoisotopic (exact) mass is 529 g/mol. The maximum absolute atomic E-state index is 13.1. The van der Waals surface area contributed by atoms with Crippen molar-refractivity contribution in [2.24, 2.45) is 0 Å². The van der Waals surface area contributed by atoms with Crippen LogP contribution in [0, 0.1) is 0 Å². The lowest BCUT2D eigenvalue weighted by Gasteiger charge is -2.24. The number of nitrogens with one attached hydrogen (secondary N) is 1. The van der Waals surface area contributed by atoms with Gasteiger partial charge in [0.2, 0.25) is 5.75 Å². The number of carbonyl (C=O) groups is 1. The Morgan fingerprint density at radius 2 is 1.41 bits per heavy atom. The number of methoxy groups -OCH3 is 5. The predicted octanol–water partition coefficient (Wildman–Crippen LogP) is 5.21. The lowest BCUT2D eigenvalue weighted by Crippen LogP contribution is -2.30. The third-order valence-electron chi connectivity index (χ3n) is 5.43. The lowest BCUT2D eigenvalue weighted by atomic mass is 9.96. The minimum absolute atomic E-state index is 0.209. The second-order valence-electron chi connectivity index (χ2n) is 7.32. The van der Waals surface area contributed by atoms with Gasteiger partial charge in [-0.3, -0.25) is 4.79 Å². The molecule has 8 heteroatoms. The van der Waals surface area contributed by atoms with E-state index in [1.165, 1.54) is 0 Å². The van der Waals surface area contributed by atoms with E-state index in [4.69, 9.17) is 23.7 Å². The molecule has 0 aliphatic carbocycles. The summed E-state index contributed by atoms with van der Waals surface area (Å²) in [5.74, 6) is 2.45. The van der Waals surface area contributed by atoms with Crippen molar-refractivity contribution in [2.75, 3.05) is 35.5 Å². The number of hydrogen-bond donors (Lipinski definition) is 1. The molecule has 0 saturated heterocycles. The quantitative estimate of drug-likeness (QED) is 0.388. The lowest BCUT2D eigenvalue weighted by molar-refractivity contribution is 0.0936. The topological polar surface area (TPSA) is 75.3 Å². The van der Waals surface area contributed by atoms with Crippen LogP contribution in [-0.2, 0) is 6.42 Å². The average molecular weight is 530 g/mol. The van der Waals surface area contributed by atoms with Gasteiger partial charge < -0.3 is 29.0 Å². The molecule has 0 saturated carbocycles. The molecule has 0 heterocycles. The molecule has 180 valence electrons. The smallest absolute Gasteiger partial charge is 0.251 e. The summed E-state index contributed by atoms with van der Waals surface area (Å²) in [7, 11) is 7.84. The molecule has 1 unspecified atom stereocenters. The summed E-state index contributed by atoms with van der Waals surface area (Å²) in [6, 6.07) is 16.0. The third-order valence-corrected chi connectivity index (χ3v) is 6.17. The Morgan fingerprint density at radius 1 is 0.794 bits per heavy atom. The van der Waals surface area contributed by atoms with Crippen molar-refractivity contribution in [2.45, 2.75) is 12.5 Å². The van der Waals surface area contributed by atoms with Gasteiger partial charge in [-0.25, -0.2) is 0 Å². The van der Waals surface area contributed by atoms with E-state index < -0.39 is 6.04 Å². The summed E-state index contributed by atoms with van der Waals surface area (Å²) >= 11 is 3.63. The van der Waals surface area contributed by atoms with Crippen molar-refractivity contribution in [3.63, 3.8) is 0 Å². The van der Waals surface area contributed by atoms with Crippen molar-refractivity contribution < 1.29 is 28.5 Å². The fraction of sp³-hybridized carbons (Fsp3) is 0.269. The second-order valence-corrected chi connectivity index (χ2v) is 8.17. The standard InChI is InChI=1S/C26H28BrNO6/c1-30-21-12-11-18(24(33-4)25(21)34-5)20(28-26(29)16-9-7-6-8-10-16)13-17-14-22(31-2)23(32-3)15-19(17)27/h6-12,14-15,20H,13H2,1-5H3,(H,28,29). The van der Waals surface area contributed by atoms with Crippen LogP contribution in [0.15, 0.2) is 59.1 Å². The van der Waals surface area contributed by atoms with Crippen LogP contribution >= 0.6 is 15.9 Å². The van der Waals surface area contributed by atoms with Crippen LogP contribution in [0.3, 0.4) is 0 Å². The number of ether oxygens (including phenoxy) is 5. The highest BCUT2D eigenvalue weighted by Gasteiger charge is 2.26. The van der Waals surface area contributed by atoms with Gasteiger partial charge in [0.1, 0.15) is 0 Å². The van der Waals surface area contributed by atoms with E-state index in [1.807, 2.05) is 36.4 Å². The predicted molar refractivity (Wildman–Crippen MR) is 134 cm³/mol. The van der Waals surface area contributed by atoms with Gasteiger partial charge in [0.15, 0.2) is 23.0 Å². The molecule has 0 spiro atoms. The molecule has 1 amide bonds. The Kier molecular flexibility index (Phi) is 8.65. The fourth-order valence-corrected chi connectivity index (χ4v) is 4.23. The normalized spacial score (nSPS) is 11.4. The zero-order valence-electron chi connectivity index (χ0n) is 19.8. The zero-order valence-corrected chi connectivity index (χ0v) is 21.4. The van der Waals surface area contributed by atoms with Crippen molar-refractivity contribution in [1.82, 2.24) is 5.32 Å². The molecule has 0 aliphatic heterocycles. The number of rotatable bonds is 10. The SMILES string of the molecule is COc1cc(Br)c(CC(NC(=O)c2ccccc2)c2ccc(OC)c(OC)c2OC)cc1OC. The summed E-state index contributed by atoms with van der Waals surface area (Å²) in [6.45, 7) is 0. The van der Waals surface area contributed by atoms with Crippen molar-refractivity contribution >= 4 is 21.8 Å². The first kappa shape index (κ1) is 25.2. The Labute approximate surface area is 208 Å². The first-order valence-electron chi connectivity index (χ1n) is 10.5. The van der Waals surface area contributed by atoms with E-state index in [9.17, 15) is 4.79 Å². The molecule has 7 nitrogen and oxygen atoms in total. The Morgan fingerprint density at radius 3 is 2.00 bits per heavy atom. The molecule has 0 aromatic heterocycles. The molecule has 3 aromatic rings. The molecule has 3 rings (SSSR count). The molecule has 1 N–H and O–H groups in total. The highest BCUT2D eigenvalue weighted by atomic mass is 79.9. The maximum atomic E-state index is 13.1. The number of carbonyl (C=O) groups excluding carboxylic acids is 1. The Bertz CT molecular complexity index is 1140. The van der Waals surface area contributed by atoms with E-state index >= 15 is 0 Å². The third kappa shape index (κ3) is 5.39. The molecular weight excluding hydrogens is 502 g/mol. The van der Waals surface area contributed by atoms with Gasteiger partial charge in [-0.2, -0.15) is 0 Å². The van der Waals surface area contributed by atoms with Crippen LogP contribution in [0.2, 0.25) is 0 Å². The van der Waals surface area contributed by atoms with Crippen LogP contribution in [0.5, 0.6) is 28.7 Å². The Balaban J connectivity index is 2.10. The van der Waals surface area contributed by atoms with Gasteiger partial charge in [-0.1, -0.05) is 34.1 Å². The first-order valence-corrected chi connectivity index (χ1v) is 11.3. The summed E-state index contributed by atoms with van der Waals surface area (Å²) in [5, 5.41) is 3.15. The molecular formula is C26H28BrNO6. The highest BCUT2D eigenvalue weighted by molar-refractivity contribution is 9.10. The Hall–Kier alpha value is -3.39. The van der Waals surface area contributed by atoms with Crippen LogP contribution in [0.4, 0.5) is 0 Å². The van der Waals surface area contributed by atoms with Gasteiger partial charge >= 0.3 is 0 Å². The minimum atomic E-state index is -0.461. The maximum Gasteiger partial charge on any atom is 0.251 e. The van der Waals surface area contributed by atoms with E-state index in [0.29, 0.717) is 40.7 Å². The first-order chi connectivity index (χ1) is 16.5. The molecule has 0 aliphatic rings. The van der Waals surface area contributed by atoms with Gasteiger partial charge in [0.05, 0.1) is 41.6 Å². The molecule has 0 bridgehead atoms. The molecule has 34 heavy (non-hydrogen) atoms. The molecule has 3 aromatic carbocycles. The fourth-order valence-electron chi connectivity index (χ4n) is 3.74. The summed E-state index contributed by atoms with van der Waals surface area (Å²) in [5.41, 5.74) is 2.21. The average Bonchev–Trinajstić information content (AvgIpc) is 2.88. The number of benzene rings is 3. The molecule has 1 atom stereocenters. The van der Waals surface area contributed by atoms with Crippen molar-refractivity contribution in [3.05, 3.63) is 75.8 Å². The summed E-state index contributed by atoms with van der Waals surface area (Å²) in [4.78, 5) is 13.1. The number of halogens is 1. The molecule has 0 fully saturated rings. The van der Waals surface area contributed by atoms with E-state index in [0.717, 1.165) is 15.6 Å². The highest BCUT2D eigenvalue weighted by Crippen LogP contribution is 2.43. The minimum Gasteiger partial charge on any atom is -0.493 e. The van der Waals surface area contributed by atoms with E-state index in [2.05, 4.69) is 21.2 Å². The van der Waals surface area contributed by atoms with Crippen molar-refractivity contribution in [1.29, 1.82) is 0 Å².